The first-order valence-electron chi connectivity index (χ1n) is 10.5. The second-order valence-electron chi connectivity index (χ2n) is 8.71. The number of fused-ring (bicyclic) bond motifs is 1. The molecular formula is C25H31N3O. The number of amides is 1. The molecule has 0 bridgehead atoms. The van der Waals surface area contributed by atoms with E-state index in [-0.39, 0.29) is 5.91 Å². The molecule has 4 nitrogen and oxygen atoms in total. The van der Waals surface area contributed by atoms with Crippen molar-refractivity contribution in [2.24, 2.45) is 5.92 Å². The highest BCUT2D eigenvalue weighted by Gasteiger charge is 2.32. The number of hydrogen-bond donors (Lipinski definition) is 1. The largest absolute Gasteiger partial charge is 0.379 e. The van der Waals surface area contributed by atoms with Crippen LogP contribution in [0.4, 0.5) is 0 Å². The van der Waals surface area contributed by atoms with Gasteiger partial charge in [0.15, 0.2) is 0 Å². The van der Waals surface area contributed by atoms with Gasteiger partial charge < -0.3 is 15.1 Å². The van der Waals surface area contributed by atoms with Crippen molar-refractivity contribution in [3.63, 3.8) is 0 Å². The molecule has 0 radical (unpaired) electrons. The van der Waals surface area contributed by atoms with Gasteiger partial charge in [-0.05, 0) is 68.4 Å². The summed E-state index contributed by atoms with van der Waals surface area (Å²) in [5, 5.41) is 3.64. The molecule has 3 aliphatic rings. The van der Waals surface area contributed by atoms with Gasteiger partial charge in [0.2, 0.25) is 0 Å². The Hall–Kier alpha value is -2.75. The van der Waals surface area contributed by atoms with Crippen LogP contribution in [0.5, 0.6) is 0 Å². The predicted octanol–water partition coefficient (Wildman–Crippen LogP) is 4.54. The van der Waals surface area contributed by atoms with Gasteiger partial charge in [0.05, 0.1) is 17.0 Å². The quantitative estimate of drug-likeness (QED) is 0.821. The smallest absolute Gasteiger partial charge is 0.255 e. The van der Waals surface area contributed by atoms with E-state index in [1.165, 1.54) is 28.0 Å². The maximum atomic E-state index is 13.0. The fourth-order valence-corrected chi connectivity index (χ4v) is 4.31. The number of carbonyl (C=O) groups excluding carboxylic acids is 1. The molecule has 0 aromatic heterocycles. The summed E-state index contributed by atoms with van der Waals surface area (Å²) < 4.78 is 0. The van der Waals surface area contributed by atoms with E-state index in [1.54, 1.807) is 0 Å². The number of rotatable bonds is 4. The monoisotopic (exact) mass is 389 g/mol. The van der Waals surface area contributed by atoms with Gasteiger partial charge in [-0.2, -0.15) is 0 Å². The zero-order valence-electron chi connectivity index (χ0n) is 18.2. The van der Waals surface area contributed by atoms with Gasteiger partial charge in [-0.3, -0.25) is 4.79 Å². The Morgan fingerprint density at radius 1 is 1.14 bits per heavy atom. The van der Waals surface area contributed by atoms with Crippen LogP contribution < -0.4 is 5.32 Å². The lowest BCUT2D eigenvalue weighted by atomic mass is 9.97. The fourth-order valence-electron chi connectivity index (χ4n) is 4.31. The summed E-state index contributed by atoms with van der Waals surface area (Å²) >= 11 is 0. The number of nitrogens with zero attached hydrogens (tertiary/aromatic N) is 2. The lowest BCUT2D eigenvalue weighted by molar-refractivity contribution is -0.132. The molecule has 1 saturated heterocycles. The van der Waals surface area contributed by atoms with Crippen molar-refractivity contribution in [1.29, 1.82) is 0 Å². The molecule has 1 amide bonds. The Balaban J connectivity index is 1.63. The number of aryl methyl sites for hydroxylation is 2. The maximum absolute atomic E-state index is 13.0. The van der Waals surface area contributed by atoms with Crippen LogP contribution >= 0.6 is 0 Å². The molecule has 0 spiro atoms. The first-order chi connectivity index (χ1) is 13.8. The molecule has 4 heteroatoms. The molecule has 29 heavy (non-hydrogen) atoms. The van der Waals surface area contributed by atoms with Crippen LogP contribution in [0.3, 0.4) is 0 Å². The minimum atomic E-state index is 0.129. The van der Waals surface area contributed by atoms with E-state index in [9.17, 15) is 4.79 Å². The second-order valence-corrected chi connectivity index (χ2v) is 8.71. The summed E-state index contributed by atoms with van der Waals surface area (Å²) in [5.74, 6) is 0.729. The number of nitrogens with one attached hydrogen (secondary N) is 1. The van der Waals surface area contributed by atoms with E-state index >= 15 is 0 Å². The molecular weight excluding hydrogens is 358 g/mol. The van der Waals surface area contributed by atoms with Crippen LogP contribution in [0.15, 0.2) is 64.8 Å². The van der Waals surface area contributed by atoms with E-state index in [0.29, 0.717) is 5.92 Å². The summed E-state index contributed by atoms with van der Waals surface area (Å²) in [6.07, 6.45) is 7.25. The average molecular weight is 390 g/mol. The van der Waals surface area contributed by atoms with Gasteiger partial charge in [0.1, 0.15) is 0 Å². The third-order valence-electron chi connectivity index (χ3n) is 6.38. The summed E-state index contributed by atoms with van der Waals surface area (Å²) in [5.41, 5.74) is 9.38. The lowest BCUT2D eigenvalue weighted by Crippen LogP contribution is -2.49. The van der Waals surface area contributed by atoms with E-state index in [4.69, 9.17) is 0 Å². The number of likely N-dealkylation sites (tertiary alicyclic amines) is 1. The van der Waals surface area contributed by atoms with Gasteiger partial charge in [-0.25, -0.2) is 0 Å². The van der Waals surface area contributed by atoms with Crippen molar-refractivity contribution in [2.75, 3.05) is 13.1 Å². The Bertz CT molecular complexity index is 954. The van der Waals surface area contributed by atoms with Gasteiger partial charge in [0, 0.05) is 31.5 Å². The topological polar surface area (TPSA) is 35.6 Å². The van der Waals surface area contributed by atoms with E-state index in [0.717, 1.165) is 43.0 Å². The third-order valence-corrected chi connectivity index (χ3v) is 6.38. The molecule has 0 aliphatic carbocycles. The lowest BCUT2D eigenvalue weighted by Gasteiger charge is -2.39. The Labute approximate surface area is 174 Å². The second kappa shape index (κ2) is 7.58. The van der Waals surface area contributed by atoms with Crippen molar-refractivity contribution in [3.05, 3.63) is 81.5 Å². The minimum Gasteiger partial charge on any atom is -0.379 e. The molecule has 1 fully saturated rings. The van der Waals surface area contributed by atoms with Gasteiger partial charge in [-0.15, -0.1) is 0 Å². The summed E-state index contributed by atoms with van der Waals surface area (Å²) in [7, 11) is 0. The molecule has 152 valence electrons. The van der Waals surface area contributed by atoms with Gasteiger partial charge >= 0.3 is 0 Å². The maximum Gasteiger partial charge on any atom is 0.255 e. The van der Waals surface area contributed by atoms with E-state index < -0.39 is 0 Å². The Morgan fingerprint density at radius 3 is 2.48 bits per heavy atom. The highest BCUT2D eigenvalue weighted by Crippen LogP contribution is 2.34. The molecule has 0 atom stereocenters. The van der Waals surface area contributed by atoms with Crippen molar-refractivity contribution in [1.82, 2.24) is 15.1 Å². The third kappa shape index (κ3) is 3.64. The van der Waals surface area contributed by atoms with Crippen molar-refractivity contribution in [3.8, 4) is 0 Å². The highest BCUT2D eigenvalue weighted by atomic mass is 16.2. The number of carbonyl (C=O) groups is 1. The predicted molar refractivity (Wildman–Crippen MR) is 118 cm³/mol. The zero-order valence-corrected chi connectivity index (χ0v) is 18.2. The summed E-state index contributed by atoms with van der Waals surface area (Å²) in [6, 6.07) is 6.41. The number of allylic oxidation sites excluding steroid dienone is 3. The standard InChI is InChI=1S/C25H31N3O/c1-16-13-27(14-16)25(29)21-11-23(24-10-9-17(2)20(5)28(24)15-21)26-12-22-18(3)7-6-8-19(22)4/h6-8,10-11,15-16,26H,9,12-14H2,1-5H3. The molecule has 0 saturated carbocycles. The Morgan fingerprint density at radius 2 is 1.83 bits per heavy atom. The van der Waals surface area contributed by atoms with Gasteiger partial charge in [0.25, 0.3) is 5.91 Å². The normalized spacial score (nSPS) is 19.3. The Kier molecular flexibility index (Phi) is 5.12. The number of hydrogen-bond acceptors (Lipinski definition) is 3. The van der Waals surface area contributed by atoms with Gasteiger partial charge in [-0.1, -0.05) is 31.2 Å². The van der Waals surface area contributed by atoms with Crippen molar-refractivity contribution < 1.29 is 4.79 Å². The van der Waals surface area contributed by atoms with Crippen molar-refractivity contribution in [2.45, 2.75) is 47.6 Å². The van der Waals surface area contributed by atoms with Crippen LogP contribution in [0, 0.1) is 19.8 Å². The molecule has 3 aliphatic heterocycles. The minimum absolute atomic E-state index is 0.129. The molecule has 3 heterocycles. The molecule has 0 unspecified atom stereocenters. The van der Waals surface area contributed by atoms with Crippen molar-refractivity contribution >= 4 is 5.91 Å². The highest BCUT2D eigenvalue weighted by molar-refractivity contribution is 5.97. The fraction of sp³-hybridized carbons (Fsp3) is 0.400. The van der Waals surface area contributed by atoms with Crippen LogP contribution in [0.25, 0.3) is 0 Å². The zero-order chi connectivity index (χ0) is 20.7. The van der Waals surface area contributed by atoms with E-state index in [1.807, 2.05) is 17.2 Å². The van der Waals surface area contributed by atoms with E-state index in [2.05, 4.69) is 69.1 Å². The number of benzene rings is 1. The first-order valence-corrected chi connectivity index (χ1v) is 10.5. The molecule has 4 rings (SSSR count). The summed E-state index contributed by atoms with van der Waals surface area (Å²) in [4.78, 5) is 17.2. The molecule has 1 aromatic rings. The van der Waals surface area contributed by atoms with Crippen LogP contribution in [0.2, 0.25) is 0 Å². The SMILES string of the molecule is CC1=C(C)N2C=C(C(=O)N3CC(C)C3)C=C(NCc3c(C)cccc3C)C2=CC1. The molecule has 1 N–H and O–H groups in total. The molecule has 1 aromatic carbocycles. The van der Waals surface area contributed by atoms with Crippen LogP contribution in [0.1, 0.15) is 43.9 Å². The average Bonchev–Trinajstić information content (AvgIpc) is 2.67. The van der Waals surface area contributed by atoms with Crippen LogP contribution in [-0.4, -0.2) is 28.8 Å². The van der Waals surface area contributed by atoms with Crippen LogP contribution in [-0.2, 0) is 11.3 Å². The summed E-state index contributed by atoms with van der Waals surface area (Å²) in [6.45, 7) is 13.3. The first kappa shape index (κ1) is 19.6.